The van der Waals surface area contributed by atoms with Gasteiger partial charge < -0.3 is 5.73 Å². The molecule has 90 valence electrons. The molecule has 0 saturated carbocycles. The maximum Gasteiger partial charge on any atom is 0.124 e. The first-order valence-corrected chi connectivity index (χ1v) is 6.60. The molecule has 18 heavy (non-hydrogen) atoms. The van der Waals surface area contributed by atoms with E-state index in [1.54, 1.807) is 17.5 Å². The molecule has 0 saturated heterocycles. The molecular weight excluding hydrogens is 242 g/mol. The van der Waals surface area contributed by atoms with Gasteiger partial charge in [0.25, 0.3) is 0 Å². The van der Waals surface area contributed by atoms with E-state index in [1.165, 1.54) is 10.3 Å². The van der Waals surface area contributed by atoms with Crippen LogP contribution in [0.4, 0.5) is 0 Å². The van der Waals surface area contributed by atoms with Crippen LogP contribution in [0.3, 0.4) is 0 Å². The van der Waals surface area contributed by atoms with Crippen molar-refractivity contribution in [2.24, 2.45) is 5.73 Å². The Hall–Kier alpha value is -1.78. The van der Waals surface area contributed by atoms with Gasteiger partial charge in [0, 0.05) is 18.3 Å². The highest BCUT2D eigenvalue weighted by Gasteiger charge is 2.07. The van der Waals surface area contributed by atoms with E-state index in [0.717, 1.165) is 21.8 Å². The van der Waals surface area contributed by atoms with Crippen LogP contribution in [-0.2, 0) is 6.54 Å². The topological polar surface area (TPSA) is 51.8 Å². The van der Waals surface area contributed by atoms with Crippen molar-refractivity contribution in [2.45, 2.75) is 13.5 Å². The van der Waals surface area contributed by atoms with Crippen molar-refractivity contribution >= 4 is 21.6 Å². The van der Waals surface area contributed by atoms with Gasteiger partial charge in [-0.15, -0.1) is 11.3 Å². The fourth-order valence-electron chi connectivity index (χ4n) is 1.88. The molecule has 0 aliphatic rings. The number of thiazole rings is 1. The Morgan fingerprint density at radius 1 is 1.22 bits per heavy atom. The molecule has 2 heterocycles. The largest absolute Gasteiger partial charge is 0.325 e. The third-order valence-corrected chi connectivity index (χ3v) is 3.88. The summed E-state index contributed by atoms with van der Waals surface area (Å²) >= 11 is 1.70. The van der Waals surface area contributed by atoms with Gasteiger partial charge in [-0.2, -0.15) is 0 Å². The van der Waals surface area contributed by atoms with E-state index in [4.69, 9.17) is 5.73 Å². The third kappa shape index (κ3) is 2.00. The predicted molar refractivity (Wildman–Crippen MR) is 75.5 cm³/mol. The molecule has 0 radical (unpaired) electrons. The van der Waals surface area contributed by atoms with E-state index in [0.29, 0.717) is 6.54 Å². The second kappa shape index (κ2) is 4.48. The quantitative estimate of drug-likeness (QED) is 0.765. The molecule has 3 nitrogen and oxygen atoms in total. The average Bonchev–Trinajstić information content (AvgIpc) is 2.81. The molecule has 0 atom stereocenters. The van der Waals surface area contributed by atoms with Crippen LogP contribution < -0.4 is 5.73 Å². The van der Waals surface area contributed by atoms with Gasteiger partial charge in [0.1, 0.15) is 5.01 Å². The molecule has 1 aromatic carbocycles. The first kappa shape index (κ1) is 11.3. The monoisotopic (exact) mass is 255 g/mol. The lowest BCUT2D eigenvalue weighted by Gasteiger charge is -1.98. The van der Waals surface area contributed by atoms with Gasteiger partial charge in [0.2, 0.25) is 0 Å². The number of nitrogens with two attached hydrogens (primary N) is 1. The van der Waals surface area contributed by atoms with Crippen molar-refractivity contribution < 1.29 is 0 Å². The van der Waals surface area contributed by atoms with E-state index < -0.39 is 0 Å². The predicted octanol–water partition coefficient (Wildman–Crippen LogP) is 3.13. The summed E-state index contributed by atoms with van der Waals surface area (Å²) in [5.41, 5.74) is 9.90. The summed E-state index contributed by atoms with van der Waals surface area (Å²) in [5, 5.41) is 1.02. The van der Waals surface area contributed by atoms with Gasteiger partial charge >= 0.3 is 0 Å². The molecule has 0 bridgehead atoms. The average molecular weight is 255 g/mol. The lowest BCUT2D eigenvalue weighted by atomic mass is 10.2. The molecule has 3 rings (SSSR count). The van der Waals surface area contributed by atoms with Gasteiger partial charge in [0.15, 0.2) is 0 Å². The summed E-state index contributed by atoms with van der Waals surface area (Å²) in [6.07, 6.45) is 1.79. The van der Waals surface area contributed by atoms with Gasteiger partial charge in [0.05, 0.1) is 15.9 Å². The third-order valence-electron chi connectivity index (χ3n) is 2.82. The molecule has 0 spiro atoms. The number of rotatable bonds is 2. The van der Waals surface area contributed by atoms with Gasteiger partial charge in [-0.1, -0.05) is 6.07 Å². The van der Waals surface area contributed by atoms with E-state index in [-0.39, 0.29) is 0 Å². The van der Waals surface area contributed by atoms with Crippen LogP contribution in [0.1, 0.15) is 11.3 Å². The Morgan fingerprint density at radius 3 is 2.94 bits per heavy atom. The first-order valence-electron chi connectivity index (χ1n) is 5.79. The zero-order valence-electron chi connectivity index (χ0n) is 10.1. The van der Waals surface area contributed by atoms with E-state index >= 15 is 0 Å². The van der Waals surface area contributed by atoms with Crippen molar-refractivity contribution in [3.05, 3.63) is 47.8 Å². The summed E-state index contributed by atoms with van der Waals surface area (Å²) in [6, 6.07) is 10.3. The molecule has 0 amide bonds. The van der Waals surface area contributed by atoms with Crippen molar-refractivity contribution in [1.82, 2.24) is 9.97 Å². The number of benzene rings is 1. The lowest BCUT2D eigenvalue weighted by Crippen LogP contribution is -1.98. The number of aryl methyl sites for hydroxylation is 1. The molecule has 4 heteroatoms. The minimum Gasteiger partial charge on any atom is -0.325 e. The standard InChI is InChI=1S/C14H13N3S/c1-9-2-3-12-13(6-9)18-14(17-12)10-4-5-16-11(7-10)8-15/h2-7H,8,15H2,1H3. The summed E-state index contributed by atoms with van der Waals surface area (Å²) < 4.78 is 1.22. The Morgan fingerprint density at radius 2 is 2.11 bits per heavy atom. The molecule has 0 aliphatic carbocycles. The van der Waals surface area contributed by atoms with Crippen LogP contribution in [0.15, 0.2) is 36.5 Å². The number of fused-ring (bicyclic) bond motifs is 1. The number of hydrogen-bond acceptors (Lipinski definition) is 4. The molecule has 2 aromatic heterocycles. The number of nitrogens with zero attached hydrogens (tertiary/aromatic N) is 2. The van der Waals surface area contributed by atoms with Crippen LogP contribution in [-0.4, -0.2) is 9.97 Å². The van der Waals surface area contributed by atoms with E-state index in [1.807, 2.05) is 12.1 Å². The number of pyridine rings is 1. The van der Waals surface area contributed by atoms with Crippen LogP contribution in [0.25, 0.3) is 20.8 Å². The molecule has 0 unspecified atom stereocenters. The van der Waals surface area contributed by atoms with Crippen molar-refractivity contribution in [2.75, 3.05) is 0 Å². The maximum absolute atomic E-state index is 5.61. The fraction of sp³-hybridized carbons (Fsp3) is 0.143. The number of aromatic nitrogens is 2. The summed E-state index contributed by atoms with van der Waals surface area (Å²) in [4.78, 5) is 8.85. The molecule has 0 fully saturated rings. The highest BCUT2D eigenvalue weighted by atomic mass is 32.1. The van der Waals surface area contributed by atoms with Crippen LogP contribution >= 0.6 is 11.3 Å². The van der Waals surface area contributed by atoms with Crippen LogP contribution in [0.5, 0.6) is 0 Å². The van der Waals surface area contributed by atoms with Gasteiger partial charge in [-0.3, -0.25) is 4.98 Å². The minimum atomic E-state index is 0.456. The summed E-state index contributed by atoms with van der Waals surface area (Å²) in [5.74, 6) is 0. The molecule has 3 aromatic rings. The highest BCUT2D eigenvalue weighted by molar-refractivity contribution is 7.21. The van der Waals surface area contributed by atoms with Gasteiger partial charge in [-0.05, 0) is 36.8 Å². The molecule has 0 aliphatic heterocycles. The zero-order valence-corrected chi connectivity index (χ0v) is 10.9. The normalized spacial score (nSPS) is 11.0. The maximum atomic E-state index is 5.61. The van der Waals surface area contributed by atoms with E-state index in [2.05, 4.69) is 35.1 Å². The van der Waals surface area contributed by atoms with Gasteiger partial charge in [-0.25, -0.2) is 4.98 Å². The highest BCUT2D eigenvalue weighted by Crippen LogP contribution is 2.30. The second-order valence-corrected chi connectivity index (χ2v) is 5.26. The summed E-state index contributed by atoms with van der Waals surface area (Å²) in [6.45, 7) is 2.55. The van der Waals surface area contributed by atoms with Crippen molar-refractivity contribution in [1.29, 1.82) is 0 Å². The molecular formula is C14H13N3S. The summed E-state index contributed by atoms with van der Waals surface area (Å²) in [7, 11) is 0. The zero-order chi connectivity index (χ0) is 12.5. The lowest BCUT2D eigenvalue weighted by molar-refractivity contribution is 0.991. The fourth-order valence-corrected chi connectivity index (χ4v) is 2.94. The Labute approximate surface area is 109 Å². The van der Waals surface area contributed by atoms with Crippen molar-refractivity contribution in [3.8, 4) is 10.6 Å². The first-order chi connectivity index (χ1) is 8.76. The van der Waals surface area contributed by atoms with Crippen LogP contribution in [0, 0.1) is 6.92 Å². The minimum absolute atomic E-state index is 0.456. The SMILES string of the molecule is Cc1ccc2nc(-c3ccnc(CN)c3)sc2c1. The second-order valence-electron chi connectivity index (χ2n) is 4.23. The number of hydrogen-bond donors (Lipinski definition) is 1. The Kier molecular flexibility index (Phi) is 2.81. The van der Waals surface area contributed by atoms with E-state index in [9.17, 15) is 0 Å². The van der Waals surface area contributed by atoms with Crippen LogP contribution in [0.2, 0.25) is 0 Å². The van der Waals surface area contributed by atoms with Crippen molar-refractivity contribution in [3.63, 3.8) is 0 Å². The smallest absolute Gasteiger partial charge is 0.124 e. The Bertz CT molecular complexity index is 703. The molecule has 2 N–H and O–H groups in total. The Balaban J connectivity index is 2.13.